The largest absolute Gasteiger partial charge is 0.381 e. The lowest BCUT2D eigenvalue weighted by atomic mass is 9.82. The molecule has 0 bridgehead atoms. The van der Waals surface area contributed by atoms with Crippen molar-refractivity contribution in [1.29, 1.82) is 0 Å². The summed E-state index contributed by atoms with van der Waals surface area (Å²) in [5.41, 5.74) is 4.35. The number of nitrogens with zero attached hydrogens (tertiary/aromatic N) is 1. The number of anilines is 1. The Morgan fingerprint density at radius 3 is 2.26 bits per heavy atom. The lowest BCUT2D eigenvalue weighted by molar-refractivity contribution is 0.0304. The Kier molecular flexibility index (Phi) is 4.91. The molecule has 0 saturated carbocycles. The molecule has 1 saturated heterocycles. The summed E-state index contributed by atoms with van der Waals surface area (Å²) in [6.07, 6.45) is 2.29. The Hall–Kier alpha value is -0.540. The van der Waals surface area contributed by atoms with Crippen LogP contribution >= 0.6 is 15.9 Å². The van der Waals surface area contributed by atoms with E-state index in [0.717, 1.165) is 37.9 Å². The number of hydrogen-bond donors (Lipinski definition) is 0. The van der Waals surface area contributed by atoms with E-state index < -0.39 is 0 Å². The highest BCUT2D eigenvalue weighted by molar-refractivity contribution is 9.09. The van der Waals surface area contributed by atoms with Gasteiger partial charge in [0.25, 0.3) is 0 Å². The van der Waals surface area contributed by atoms with E-state index in [4.69, 9.17) is 4.74 Å². The fraction of sp³-hybridized carbons (Fsp3) is 0.625. The van der Waals surface area contributed by atoms with Gasteiger partial charge in [0, 0.05) is 43.2 Å². The first-order valence-electron chi connectivity index (χ1n) is 6.98. The van der Waals surface area contributed by atoms with Crippen molar-refractivity contribution in [3.05, 3.63) is 29.3 Å². The Morgan fingerprint density at radius 2 is 1.74 bits per heavy atom. The van der Waals surface area contributed by atoms with Gasteiger partial charge in [-0.25, -0.2) is 0 Å². The molecule has 0 spiro atoms. The third-order valence-electron chi connectivity index (χ3n) is 4.06. The van der Waals surface area contributed by atoms with Gasteiger partial charge in [-0.2, -0.15) is 0 Å². The number of ether oxygens (including phenoxy) is 1. The molecule has 0 N–H and O–H groups in total. The molecule has 1 fully saturated rings. The second kappa shape index (κ2) is 6.27. The molecule has 2 rings (SSSR count). The van der Waals surface area contributed by atoms with Crippen LogP contribution in [-0.2, 0) is 4.74 Å². The Labute approximate surface area is 125 Å². The molecule has 1 aromatic carbocycles. The quantitative estimate of drug-likeness (QED) is 0.778. The molecule has 0 aromatic heterocycles. The van der Waals surface area contributed by atoms with Crippen molar-refractivity contribution in [1.82, 2.24) is 0 Å². The number of rotatable bonds is 4. The minimum atomic E-state index is 0.352. The number of halogens is 1. The normalized spacial score (nSPS) is 18.3. The molecule has 0 radical (unpaired) electrons. The number of benzene rings is 1. The van der Waals surface area contributed by atoms with Crippen molar-refractivity contribution in [3.63, 3.8) is 0 Å². The lowest BCUT2D eigenvalue weighted by Crippen LogP contribution is -2.41. The van der Waals surface area contributed by atoms with Crippen molar-refractivity contribution in [2.24, 2.45) is 5.41 Å². The third kappa shape index (κ3) is 3.73. The van der Waals surface area contributed by atoms with Crippen LogP contribution in [0, 0.1) is 19.3 Å². The molecule has 1 aliphatic heterocycles. The van der Waals surface area contributed by atoms with E-state index in [-0.39, 0.29) is 0 Å². The standard InChI is InChI=1S/C16H24BrNO/c1-13-8-14(2)10-15(9-13)18(3)12-16(11-17)4-6-19-7-5-16/h8-10H,4-7,11-12H2,1-3H3. The van der Waals surface area contributed by atoms with E-state index in [0.29, 0.717) is 5.41 Å². The Bertz CT molecular complexity index is 407. The molecule has 1 aliphatic rings. The second-order valence-electron chi connectivity index (χ2n) is 5.95. The number of aryl methyl sites for hydroxylation is 2. The number of hydrogen-bond acceptors (Lipinski definition) is 2. The summed E-state index contributed by atoms with van der Waals surface area (Å²) in [5.74, 6) is 0. The molecular weight excluding hydrogens is 302 g/mol. The van der Waals surface area contributed by atoms with Crippen LogP contribution < -0.4 is 4.90 Å². The Balaban J connectivity index is 2.12. The summed E-state index contributed by atoms with van der Waals surface area (Å²) < 4.78 is 5.51. The van der Waals surface area contributed by atoms with Gasteiger partial charge in [0.1, 0.15) is 0 Å². The topological polar surface area (TPSA) is 12.5 Å². The van der Waals surface area contributed by atoms with E-state index in [2.05, 4.69) is 59.9 Å². The highest BCUT2D eigenvalue weighted by Crippen LogP contribution is 2.34. The average Bonchev–Trinajstić information content (AvgIpc) is 2.38. The van der Waals surface area contributed by atoms with E-state index in [1.807, 2.05) is 0 Å². The molecule has 2 nitrogen and oxygen atoms in total. The van der Waals surface area contributed by atoms with Gasteiger partial charge in [-0.1, -0.05) is 22.0 Å². The van der Waals surface area contributed by atoms with Gasteiger partial charge in [0.05, 0.1) is 0 Å². The predicted molar refractivity (Wildman–Crippen MR) is 85.5 cm³/mol. The highest BCUT2D eigenvalue weighted by Gasteiger charge is 2.32. The summed E-state index contributed by atoms with van der Waals surface area (Å²) in [4.78, 5) is 2.40. The van der Waals surface area contributed by atoms with Crippen LogP contribution in [0.3, 0.4) is 0 Å². The monoisotopic (exact) mass is 325 g/mol. The summed E-state index contributed by atoms with van der Waals surface area (Å²) in [6, 6.07) is 6.77. The average molecular weight is 326 g/mol. The van der Waals surface area contributed by atoms with E-state index in [1.165, 1.54) is 16.8 Å². The first-order chi connectivity index (χ1) is 9.04. The van der Waals surface area contributed by atoms with Crippen molar-refractivity contribution in [3.8, 4) is 0 Å². The maximum absolute atomic E-state index is 5.51. The highest BCUT2D eigenvalue weighted by atomic mass is 79.9. The van der Waals surface area contributed by atoms with Gasteiger partial charge in [-0.05, 0) is 49.9 Å². The van der Waals surface area contributed by atoms with Gasteiger partial charge < -0.3 is 9.64 Å². The van der Waals surface area contributed by atoms with Crippen molar-refractivity contribution >= 4 is 21.6 Å². The van der Waals surface area contributed by atoms with Gasteiger partial charge >= 0.3 is 0 Å². The molecule has 19 heavy (non-hydrogen) atoms. The Morgan fingerprint density at radius 1 is 1.16 bits per heavy atom. The van der Waals surface area contributed by atoms with Gasteiger partial charge in [-0.15, -0.1) is 0 Å². The first-order valence-corrected chi connectivity index (χ1v) is 8.10. The minimum absolute atomic E-state index is 0.352. The third-order valence-corrected chi connectivity index (χ3v) is 5.25. The lowest BCUT2D eigenvalue weighted by Gasteiger charge is -2.39. The molecule has 0 aliphatic carbocycles. The molecule has 0 unspecified atom stereocenters. The zero-order valence-corrected chi connectivity index (χ0v) is 13.8. The smallest absolute Gasteiger partial charge is 0.0472 e. The van der Waals surface area contributed by atoms with Crippen LogP contribution in [-0.4, -0.2) is 32.1 Å². The second-order valence-corrected chi connectivity index (χ2v) is 6.51. The molecular formula is C16H24BrNO. The molecule has 3 heteroatoms. The SMILES string of the molecule is Cc1cc(C)cc(N(C)CC2(CBr)CCOCC2)c1. The van der Waals surface area contributed by atoms with Crippen LogP contribution in [0.25, 0.3) is 0 Å². The van der Waals surface area contributed by atoms with Gasteiger partial charge in [-0.3, -0.25) is 0 Å². The van der Waals surface area contributed by atoms with Crippen LogP contribution in [0.5, 0.6) is 0 Å². The van der Waals surface area contributed by atoms with Crippen LogP contribution in [0.1, 0.15) is 24.0 Å². The maximum Gasteiger partial charge on any atom is 0.0472 e. The summed E-state index contributed by atoms with van der Waals surface area (Å²) in [7, 11) is 2.20. The van der Waals surface area contributed by atoms with Gasteiger partial charge in [0.15, 0.2) is 0 Å². The molecule has 1 aromatic rings. The first kappa shape index (κ1) is 14.9. The maximum atomic E-state index is 5.51. The zero-order chi connectivity index (χ0) is 13.9. The van der Waals surface area contributed by atoms with E-state index >= 15 is 0 Å². The predicted octanol–water partition coefficient (Wildman–Crippen LogP) is 3.93. The number of alkyl halides is 1. The van der Waals surface area contributed by atoms with Crippen LogP contribution in [0.4, 0.5) is 5.69 Å². The van der Waals surface area contributed by atoms with Crippen molar-refractivity contribution < 1.29 is 4.74 Å². The van der Waals surface area contributed by atoms with Gasteiger partial charge in [0.2, 0.25) is 0 Å². The van der Waals surface area contributed by atoms with Crippen LogP contribution in [0.2, 0.25) is 0 Å². The summed E-state index contributed by atoms with van der Waals surface area (Å²) >= 11 is 3.72. The zero-order valence-electron chi connectivity index (χ0n) is 12.2. The van der Waals surface area contributed by atoms with Crippen molar-refractivity contribution in [2.45, 2.75) is 26.7 Å². The van der Waals surface area contributed by atoms with Crippen LogP contribution in [0.15, 0.2) is 18.2 Å². The summed E-state index contributed by atoms with van der Waals surface area (Å²) in [5, 5.41) is 1.05. The minimum Gasteiger partial charge on any atom is -0.381 e. The fourth-order valence-corrected chi connectivity index (χ4v) is 3.64. The molecule has 0 amide bonds. The summed E-state index contributed by atoms with van der Waals surface area (Å²) in [6.45, 7) is 7.21. The molecule has 106 valence electrons. The van der Waals surface area contributed by atoms with E-state index in [9.17, 15) is 0 Å². The van der Waals surface area contributed by atoms with Crippen molar-refractivity contribution in [2.75, 3.05) is 37.0 Å². The fourth-order valence-electron chi connectivity index (χ4n) is 2.90. The molecule has 0 atom stereocenters. The molecule has 1 heterocycles. The van der Waals surface area contributed by atoms with E-state index in [1.54, 1.807) is 0 Å².